The van der Waals surface area contributed by atoms with E-state index in [4.69, 9.17) is 5.73 Å². The molecule has 0 saturated heterocycles. The smallest absolute Gasteiger partial charge is 0.259 e. The number of carbonyl (C=O) groups excluding carboxylic acids is 1. The van der Waals surface area contributed by atoms with Crippen LogP contribution < -0.4 is 11.1 Å². The third kappa shape index (κ3) is 2.57. The van der Waals surface area contributed by atoms with Gasteiger partial charge in [0.05, 0.1) is 15.8 Å². The molecule has 0 aliphatic carbocycles. The van der Waals surface area contributed by atoms with Crippen LogP contribution in [0.25, 0.3) is 10.2 Å². The van der Waals surface area contributed by atoms with E-state index in [0.29, 0.717) is 5.13 Å². The van der Waals surface area contributed by atoms with Crippen molar-refractivity contribution in [3.05, 3.63) is 53.3 Å². The van der Waals surface area contributed by atoms with Crippen LogP contribution in [0, 0.1) is 12.7 Å². The summed E-state index contributed by atoms with van der Waals surface area (Å²) in [6.45, 7) is 1.96. The number of para-hydroxylation sites is 1. The average molecular weight is 301 g/mol. The molecule has 3 N–H and O–H groups in total. The van der Waals surface area contributed by atoms with Gasteiger partial charge in [0.2, 0.25) is 0 Å². The largest absolute Gasteiger partial charge is 0.398 e. The SMILES string of the molecule is Cc1cccc2sc(NC(=O)c3cc(F)ccc3N)nc12. The van der Waals surface area contributed by atoms with E-state index in [0.717, 1.165) is 21.8 Å². The summed E-state index contributed by atoms with van der Waals surface area (Å²) in [4.78, 5) is 16.5. The summed E-state index contributed by atoms with van der Waals surface area (Å²) in [6.07, 6.45) is 0. The minimum Gasteiger partial charge on any atom is -0.398 e. The van der Waals surface area contributed by atoms with Crippen LogP contribution in [0.4, 0.5) is 15.2 Å². The second-order valence-electron chi connectivity index (χ2n) is 4.63. The van der Waals surface area contributed by atoms with Gasteiger partial charge in [-0.05, 0) is 36.8 Å². The van der Waals surface area contributed by atoms with E-state index in [1.165, 1.54) is 23.5 Å². The van der Waals surface area contributed by atoms with E-state index in [9.17, 15) is 9.18 Å². The first-order chi connectivity index (χ1) is 10.0. The lowest BCUT2D eigenvalue weighted by atomic mass is 10.1. The number of aryl methyl sites for hydroxylation is 1. The Balaban J connectivity index is 1.93. The zero-order valence-electron chi connectivity index (χ0n) is 11.2. The molecule has 0 atom stereocenters. The number of rotatable bonds is 2. The summed E-state index contributed by atoms with van der Waals surface area (Å²) in [6, 6.07) is 9.53. The van der Waals surface area contributed by atoms with Gasteiger partial charge in [0.15, 0.2) is 5.13 Å². The fourth-order valence-corrected chi connectivity index (χ4v) is 2.97. The van der Waals surface area contributed by atoms with Gasteiger partial charge in [-0.3, -0.25) is 10.1 Å². The van der Waals surface area contributed by atoms with Crippen molar-refractivity contribution in [2.24, 2.45) is 0 Å². The summed E-state index contributed by atoms with van der Waals surface area (Å²) in [5.74, 6) is -0.974. The molecule has 2 aromatic carbocycles. The topological polar surface area (TPSA) is 68.0 Å². The number of amides is 1. The van der Waals surface area contributed by atoms with Crippen LogP contribution in [0.2, 0.25) is 0 Å². The molecule has 0 aliphatic rings. The standard InChI is InChI=1S/C15H12FN3OS/c1-8-3-2-4-12-13(8)18-15(21-12)19-14(20)10-7-9(16)5-6-11(10)17/h2-7H,17H2,1H3,(H,18,19,20). The van der Waals surface area contributed by atoms with Gasteiger partial charge in [-0.2, -0.15) is 0 Å². The van der Waals surface area contributed by atoms with Gasteiger partial charge in [-0.1, -0.05) is 23.5 Å². The second kappa shape index (κ2) is 5.14. The highest BCUT2D eigenvalue weighted by atomic mass is 32.1. The molecule has 0 radical (unpaired) electrons. The van der Waals surface area contributed by atoms with Crippen molar-refractivity contribution in [3.8, 4) is 0 Å². The maximum Gasteiger partial charge on any atom is 0.259 e. The van der Waals surface area contributed by atoms with Gasteiger partial charge in [0.1, 0.15) is 5.82 Å². The van der Waals surface area contributed by atoms with Crippen LogP contribution in [-0.4, -0.2) is 10.9 Å². The lowest BCUT2D eigenvalue weighted by Crippen LogP contribution is -2.14. The summed E-state index contributed by atoms with van der Waals surface area (Å²) >= 11 is 1.37. The molecule has 3 aromatic rings. The molecule has 4 nitrogen and oxygen atoms in total. The van der Waals surface area contributed by atoms with E-state index >= 15 is 0 Å². The summed E-state index contributed by atoms with van der Waals surface area (Å²) in [7, 11) is 0. The van der Waals surface area contributed by atoms with Crippen molar-refractivity contribution in [2.75, 3.05) is 11.1 Å². The Hall–Kier alpha value is -2.47. The van der Waals surface area contributed by atoms with Crippen molar-refractivity contribution in [2.45, 2.75) is 6.92 Å². The van der Waals surface area contributed by atoms with Crippen molar-refractivity contribution >= 4 is 38.3 Å². The number of nitrogens with one attached hydrogen (secondary N) is 1. The van der Waals surface area contributed by atoms with E-state index in [1.54, 1.807) is 0 Å². The van der Waals surface area contributed by atoms with E-state index in [-0.39, 0.29) is 11.3 Å². The molecule has 0 saturated carbocycles. The van der Waals surface area contributed by atoms with Gasteiger partial charge in [-0.15, -0.1) is 0 Å². The van der Waals surface area contributed by atoms with Gasteiger partial charge in [-0.25, -0.2) is 9.37 Å². The number of fused-ring (bicyclic) bond motifs is 1. The van der Waals surface area contributed by atoms with Gasteiger partial charge in [0.25, 0.3) is 5.91 Å². The van der Waals surface area contributed by atoms with Crippen LogP contribution in [-0.2, 0) is 0 Å². The molecule has 106 valence electrons. The minimum atomic E-state index is -0.505. The fourth-order valence-electron chi connectivity index (χ4n) is 2.03. The summed E-state index contributed by atoms with van der Waals surface area (Å²) < 4.78 is 14.2. The number of nitrogen functional groups attached to an aromatic ring is 1. The number of hydrogen-bond acceptors (Lipinski definition) is 4. The van der Waals surface area contributed by atoms with Crippen LogP contribution in [0.5, 0.6) is 0 Å². The first-order valence-corrected chi connectivity index (χ1v) is 7.09. The Morgan fingerprint density at radius 3 is 2.90 bits per heavy atom. The number of aromatic nitrogens is 1. The number of carbonyl (C=O) groups is 1. The quantitative estimate of drug-likeness (QED) is 0.711. The van der Waals surface area contributed by atoms with Crippen molar-refractivity contribution < 1.29 is 9.18 Å². The average Bonchev–Trinajstić information content (AvgIpc) is 2.85. The monoisotopic (exact) mass is 301 g/mol. The Bertz CT molecular complexity index is 844. The second-order valence-corrected chi connectivity index (χ2v) is 5.66. The highest BCUT2D eigenvalue weighted by molar-refractivity contribution is 7.22. The summed E-state index contributed by atoms with van der Waals surface area (Å²) in [5.41, 5.74) is 7.92. The van der Waals surface area contributed by atoms with Crippen LogP contribution in [0.15, 0.2) is 36.4 Å². The molecule has 0 unspecified atom stereocenters. The van der Waals surface area contributed by atoms with Crippen molar-refractivity contribution in [3.63, 3.8) is 0 Å². The fraction of sp³-hybridized carbons (Fsp3) is 0.0667. The third-order valence-corrected chi connectivity index (χ3v) is 4.04. The first-order valence-electron chi connectivity index (χ1n) is 6.27. The molecule has 1 heterocycles. The molecule has 21 heavy (non-hydrogen) atoms. The number of hydrogen-bond donors (Lipinski definition) is 2. The predicted octanol–water partition coefficient (Wildman–Crippen LogP) is 3.58. The van der Waals surface area contributed by atoms with Gasteiger partial charge in [0, 0.05) is 5.69 Å². The number of halogens is 1. The maximum absolute atomic E-state index is 13.2. The Labute approximate surface area is 124 Å². The molecule has 3 rings (SSSR count). The normalized spacial score (nSPS) is 10.8. The zero-order valence-corrected chi connectivity index (χ0v) is 12.0. The number of benzene rings is 2. The van der Waals surface area contributed by atoms with Crippen LogP contribution in [0.1, 0.15) is 15.9 Å². The lowest BCUT2D eigenvalue weighted by Gasteiger charge is -2.04. The maximum atomic E-state index is 13.2. The molecular weight excluding hydrogens is 289 g/mol. The molecule has 1 aromatic heterocycles. The Morgan fingerprint density at radius 1 is 1.33 bits per heavy atom. The van der Waals surface area contributed by atoms with E-state index in [2.05, 4.69) is 10.3 Å². The third-order valence-electron chi connectivity index (χ3n) is 3.10. The van der Waals surface area contributed by atoms with E-state index < -0.39 is 11.7 Å². The van der Waals surface area contributed by atoms with E-state index in [1.807, 2.05) is 25.1 Å². The van der Waals surface area contributed by atoms with Gasteiger partial charge < -0.3 is 5.73 Å². The highest BCUT2D eigenvalue weighted by Crippen LogP contribution is 2.28. The number of anilines is 2. The predicted molar refractivity (Wildman–Crippen MR) is 83.1 cm³/mol. The molecule has 6 heteroatoms. The van der Waals surface area contributed by atoms with Crippen molar-refractivity contribution in [1.29, 1.82) is 0 Å². The minimum absolute atomic E-state index is 0.103. The molecule has 1 amide bonds. The Morgan fingerprint density at radius 2 is 2.14 bits per heavy atom. The number of nitrogens with two attached hydrogens (primary N) is 1. The summed E-state index contributed by atoms with van der Waals surface area (Å²) in [5, 5.41) is 3.13. The van der Waals surface area contributed by atoms with Gasteiger partial charge >= 0.3 is 0 Å². The number of thiazole rings is 1. The Kier molecular flexibility index (Phi) is 3.31. The number of nitrogens with zero attached hydrogens (tertiary/aromatic N) is 1. The molecule has 0 fully saturated rings. The van der Waals surface area contributed by atoms with Crippen LogP contribution in [0.3, 0.4) is 0 Å². The highest BCUT2D eigenvalue weighted by Gasteiger charge is 2.14. The van der Waals surface area contributed by atoms with Crippen molar-refractivity contribution in [1.82, 2.24) is 4.98 Å². The first kappa shape index (κ1) is 13.5. The zero-order chi connectivity index (χ0) is 15.0. The van der Waals surface area contributed by atoms with Crippen LogP contribution >= 0.6 is 11.3 Å². The molecule has 0 aliphatic heterocycles. The molecule has 0 bridgehead atoms. The molecular formula is C15H12FN3OS. The molecule has 0 spiro atoms. The lowest BCUT2D eigenvalue weighted by molar-refractivity contribution is 0.102.